The van der Waals surface area contributed by atoms with Crippen LogP contribution in [0.25, 0.3) is 0 Å². The summed E-state index contributed by atoms with van der Waals surface area (Å²) in [4.78, 5) is 0. The second kappa shape index (κ2) is 7.86. The van der Waals surface area contributed by atoms with Gasteiger partial charge >= 0.3 is 0 Å². The smallest absolute Gasteiger partial charge is 0.175 e. The highest BCUT2D eigenvalue weighted by Crippen LogP contribution is 2.37. The molecule has 112 valence electrons. The molecule has 0 aromatic heterocycles. The van der Waals surface area contributed by atoms with Gasteiger partial charge in [0.1, 0.15) is 0 Å². The van der Waals surface area contributed by atoms with Gasteiger partial charge in [0, 0.05) is 12.5 Å². The molecule has 0 aliphatic carbocycles. The second-order valence-electron chi connectivity index (χ2n) is 4.92. The van der Waals surface area contributed by atoms with Crippen molar-refractivity contribution in [2.75, 3.05) is 33.0 Å². The van der Waals surface area contributed by atoms with Crippen LogP contribution in [0.4, 0.5) is 0 Å². The molecule has 1 fully saturated rings. The monoisotopic (exact) mass is 343 g/mol. The second-order valence-corrected chi connectivity index (χ2v) is 5.77. The first-order valence-electron chi connectivity index (χ1n) is 7.10. The average molecular weight is 344 g/mol. The molecule has 1 aromatic carbocycles. The van der Waals surface area contributed by atoms with Gasteiger partial charge in [-0.1, -0.05) is 0 Å². The maximum atomic E-state index is 5.95. The fourth-order valence-electron chi connectivity index (χ4n) is 2.25. The van der Waals surface area contributed by atoms with Crippen molar-refractivity contribution in [2.24, 2.45) is 11.7 Å². The molecular weight excluding hydrogens is 322 g/mol. The first-order valence-corrected chi connectivity index (χ1v) is 7.89. The summed E-state index contributed by atoms with van der Waals surface area (Å²) in [5.74, 6) is 2.03. The fourth-order valence-corrected chi connectivity index (χ4v) is 2.86. The van der Waals surface area contributed by atoms with Crippen LogP contribution in [0.3, 0.4) is 0 Å². The Bertz CT molecular complexity index is 433. The van der Waals surface area contributed by atoms with Crippen LogP contribution in [0.5, 0.6) is 11.5 Å². The van der Waals surface area contributed by atoms with Gasteiger partial charge in [-0.05, 0) is 59.9 Å². The SMILES string of the molecule is CCOc1cc(CCN)cc(Br)c1OCC1CCOC1. The van der Waals surface area contributed by atoms with Crippen molar-refractivity contribution in [1.29, 1.82) is 0 Å². The number of ether oxygens (including phenoxy) is 3. The van der Waals surface area contributed by atoms with Gasteiger partial charge in [-0.15, -0.1) is 0 Å². The number of rotatable bonds is 7. The van der Waals surface area contributed by atoms with E-state index in [1.807, 2.05) is 13.0 Å². The lowest BCUT2D eigenvalue weighted by atomic mass is 10.1. The first kappa shape index (κ1) is 15.6. The summed E-state index contributed by atoms with van der Waals surface area (Å²) in [6.45, 7) is 5.49. The van der Waals surface area contributed by atoms with E-state index in [0.717, 1.165) is 47.6 Å². The number of nitrogens with two attached hydrogens (primary N) is 1. The Morgan fingerprint density at radius 2 is 2.25 bits per heavy atom. The van der Waals surface area contributed by atoms with Crippen molar-refractivity contribution in [1.82, 2.24) is 0 Å². The molecule has 20 heavy (non-hydrogen) atoms. The lowest BCUT2D eigenvalue weighted by molar-refractivity contribution is 0.164. The third kappa shape index (κ3) is 4.11. The molecule has 1 heterocycles. The molecule has 1 unspecified atom stereocenters. The van der Waals surface area contributed by atoms with Crippen LogP contribution in [-0.2, 0) is 11.2 Å². The van der Waals surface area contributed by atoms with Crippen LogP contribution >= 0.6 is 15.9 Å². The molecule has 0 saturated carbocycles. The molecule has 0 radical (unpaired) electrons. The topological polar surface area (TPSA) is 53.7 Å². The minimum atomic E-state index is 0.472. The molecule has 1 atom stereocenters. The highest BCUT2D eigenvalue weighted by Gasteiger charge is 2.19. The quantitative estimate of drug-likeness (QED) is 0.826. The average Bonchev–Trinajstić information content (AvgIpc) is 2.92. The molecule has 1 saturated heterocycles. The molecule has 0 amide bonds. The maximum Gasteiger partial charge on any atom is 0.175 e. The Morgan fingerprint density at radius 1 is 1.40 bits per heavy atom. The van der Waals surface area contributed by atoms with E-state index in [-0.39, 0.29) is 0 Å². The van der Waals surface area contributed by atoms with Gasteiger partial charge in [-0.25, -0.2) is 0 Å². The maximum absolute atomic E-state index is 5.95. The lowest BCUT2D eigenvalue weighted by Crippen LogP contribution is -2.13. The Balaban J connectivity index is 2.11. The molecule has 2 rings (SSSR count). The van der Waals surface area contributed by atoms with Gasteiger partial charge < -0.3 is 19.9 Å². The van der Waals surface area contributed by atoms with Gasteiger partial charge in [-0.3, -0.25) is 0 Å². The Labute approximate surface area is 128 Å². The molecule has 1 aromatic rings. The van der Waals surface area contributed by atoms with Gasteiger partial charge in [0.05, 0.1) is 24.3 Å². The van der Waals surface area contributed by atoms with Crippen molar-refractivity contribution in [3.05, 3.63) is 22.2 Å². The standard InChI is InChI=1S/C15H22BrNO3/c1-2-19-14-8-11(3-5-17)7-13(16)15(14)20-10-12-4-6-18-9-12/h7-8,12H,2-6,9-10,17H2,1H3. The molecule has 0 spiro atoms. The van der Waals surface area contributed by atoms with Crippen LogP contribution in [0.1, 0.15) is 18.9 Å². The van der Waals surface area contributed by atoms with E-state index in [1.165, 1.54) is 0 Å². The summed E-state index contributed by atoms with van der Waals surface area (Å²) in [6.07, 6.45) is 1.89. The number of hydrogen-bond acceptors (Lipinski definition) is 4. The third-order valence-electron chi connectivity index (χ3n) is 3.29. The Hall–Kier alpha value is -0.780. The predicted octanol–water partition coefficient (Wildman–Crippen LogP) is 2.76. The van der Waals surface area contributed by atoms with E-state index in [1.54, 1.807) is 0 Å². The molecular formula is C15H22BrNO3. The van der Waals surface area contributed by atoms with Gasteiger partial charge in [0.15, 0.2) is 11.5 Å². The first-order chi connectivity index (χ1) is 9.74. The van der Waals surface area contributed by atoms with E-state index >= 15 is 0 Å². The van der Waals surface area contributed by atoms with Crippen molar-refractivity contribution >= 4 is 15.9 Å². The summed E-state index contributed by atoms with van der Waals surface area (Å²) >= 11 is 3.57. The van der Waals surface area contributed by atoms with E-state index in [9.17, 15) is 0 Å². The highest BCUT2D eigenvalue weighted by molar-refractivity contribution is 9.10. The molecule has 4 nitrogen and oxygen atoms in total. The van der Waals surface area contributed by atoms with Gasteiger partial charge in [0.2, 0.25) is 0 Å². The van der Waals surface area contributed by atoms with E-state index < -0.39 is 0 Å². The van der Waals surface area contributed by atoms with E-state index in [2.05, 4.69) is 22.0 Å². The summed E-state index contributed by atoms with van der Waals surface area (Å²) < 4.78 is 17.9. The zero-order valence-electron chi connectivity index (χ0n) is 11.9. The van der Waals surface area contributed by atoms with Crippen molar-refractivity contribution in [3.8, 4) is 11.5 Å². The Kier molecular flexibility index (Phi) is 6.13. The van der Waals surface area contributed by atoms with E-state index in [4.69, 9.17) is 19.9 Å². The van der Waals surface area contributed by atoms with Crippen molar-refractivity contribution in [2.45, 2.75) is 19.8 Å². The zero-order valence-corrected chi connectivity index (χ0v) is 13.4. The lowest BCUT2D eigenvalue weighted by Gasteiger charge is -2.17. The Morgan fingerprint density at radius 3 is 2.90 bits per heavy atom. The fraction of sp³-hybridized carbons (Fsp3) is 0.600. The summed E-state index contributed by atoms with van der Waals surface area (Å²) in [7, 11) is 0. The molecule has 1 aliphatic heterocycles. The highest BCUT2D eigenvalue weighted by atomic mass is 79.9. The van der Waals surface area contributed by atoms with Crippen molar-refractivity contribution in [3.63, 3.8) is 0 Å². The van der Waals surface area contributed by atoms with Crippen LogP contribution in [0.2, 0.25) is 0 Å². The minimum absolute atomic E-state index is 0.472. The van der Waals surface area contributed by atoms with Crippen LogP contribution in [-0.4, -0.2) is 33.0 Å². The molecule has 5 heteroatoms. The zero-order chi connectivity index (χ0) is 14.4. The number of hydrogen-bond donors (Lipinski definition) is 1. The van der Waals surface area contributed by atoms with Crippen LogP contribution < -0.4 is 15.2 Å². The molecule has 2 N–H and O–H groups in total. The summed E-state index contributed by atoms with van der Waals surface area (Å²) in [5, 5.41) is 0. The third-order valence-corrected chi connectivity index (χ3v) is 3.88. The predicted molar refractivity (Wildman–Crippen MR) is 82.5 cm³/mol. The van der Waals surface area contributed by atoms with E-state index in [0.29, 0.717) is 25.7 Å². The summed E-state index contributed by atoms with van der Waals surface area (Å²) in [5.41, 5.74) is 6.77. The largest absolute Gasteiger partial charge is 0.490 e. The van der Waals surface area contributed by atoms with Gasteiger partial charge in [-0.2, -0.15) is 0 Å². The van der Waals surface area contributed by atoms with Crippen molar-refractivity contribution < 1.29 is 14.2 Å². The molecule has 0 bridgehead atoms. The minimum Gasteiger partial charge on any atom is -0.490 e. The molecule has 1 aliphatic rings. The van der Waals surface area contributed by atoms with Crippen LogP contribution in [0, 0.1) is 5.92 Å². The summed E-state index contributed by atoms with van der Waals surface area (Å²) in [6, 6.07) is 4.07. The number of benzene rings is 1. The number of halogens is 1. The van der Waals surface area contributed by atoms with Crippen LogP contribution in [0.15, 0.2) is 16.6 Å². The van der Waals surface area contributed by atoms with Gasteiger partial charge in [0.25, 0.3) is 0 Å². The normalized spacial score (nSPS) is 18.2.